The largest absolute Gasteiger partial charge is 0.506 e. The molecule has 0 bridgehead atoms. The number of thioether (sulfide) groups is 1. The molecule has 2 aromatic carbocycles. The van der Waals surface area contributed by atoms with Gasteiger partial charge in [0.15, 0.2) is 5.25 Å². The molecule has 0 aromatic heterocycles. The first-order valence-electron chi connectivity index (χ1n) is 7.89. The number of carbonyl (C=O) groups excluding carboxylic acids is 2. The fraction of sp³-hybridized carbons (Fsp3) is 0.105. The van der Waals surface area contributed by atoms with Gasteiger partial charge in [-0.3, -0.25) is 0 Å². The van der Waals surface area contributed by atoms with Crippen LogP contribution in [-0.4, -0.2) is 27.5 Å². The van der Waals surface area contributed by atoms with Crippen molar-refractivity contribution in [1.82, 2.24) is 0 Å². The summed E-state index contributed by atoms with van der Waals surface area (Å²) in [5.74, 6) is -0.241. The third-order valence-corrected chi connectivity index (χ3v) is 5.75. The van der Waals surface area contributed by atoms with E-state index >= 15 is 0 Å². The van der Waals surface area contributed by atoms with Crippen molar-refractivity contribution in [1.29, 1.82) is 0 Å². The fourth-order valence-electron chi connectivity index (χ4n) is 2.96. The normalized spacial score (nSPS) is 19.3. The molecule has 2 heterocycles. The number of rotatable bonds is 3. The summed E-state index contributed by atoms with van der Waals surface area (Å²) in [6.07, 6.45) is 1.83. The van der Waals surface area contributed by atoms with E-state index in [9.17, 15) is 9.59 Å². The topological polar surface area (TPSA) is 40.4 Å². The molecule has 0 saturated heterocycles. The molecule has 0 radical (unpaired) electrons. The maximum atomic E-state index is 13.1. The number of fused-ring (bicyclic) bond motifs is 1. The van der Waals surface area contributed by atoms with Crippen molar-refractivity contribution in [2.45, 2.75) is 11.8 Å². The van der Waals surface area contributed by atoms with Crippen LogP contribution in [0.2, 0.25) is 10.0 Å². The van der Waals surface area contributed by atoms with E-state index in [1.807, 2.05) is 23.6 Å². The molecule has 2 aliphatic heterocycles. The molecular formula is C19H13Cl2N2O2S+. The summed E-state index contributed by atoms with van der Waals surface area (Å²) in [4.78, 5) is 27.3. The number of amides is 3. The number of allylic oxidation sites excluding steroid dienone is 1. The Morgan fingerprint density at radius 3 is 2.23 bits per heavy atom. The van der Waals surface area contributed by atoms with E-state index in [4.69, 9.17) is 23.2 Å². The van der Waals surface area contributed by atoms with Gasteiger partial charge < -0.3 is 0 Å². The number of nitrogens with zero attached hydrogens (tertiary/aromatic N) is 2. The average Bonchev–Trinajstić information content (AvgIpc) is 3.12. The van der Waals surface area contributed by atoms with Crippen molar-refractivity contribution < 1.29 is 14.2 Å². The van der Waals surface area contributed by atoms with Crippen LogP contribution < -0.4 is 4.90 Å². The Balaban J connectivity index is 1.75. The first-order valence-corrected chi connectivity index (χ1v) is 9.59. The van der Waals surface area contributed by atoms with Crippen molar-refractivity contribution in [3.63, 3.8) is 0 Å². The van der Waals surface area contributed by atoms with Crippen molar-refractivity contribution in [3.05, 3.63) is 75.6 Å². The summed E-state index contributed by atoms with van der Waals surface area (Å²) in [6.45, 7) is 0.365. The van der Waals surface area contributed by atoms with E-state index in [1.54, 1.807) is 41.0 Å². The van der Waals surface area contributed by atoms with Crippen molar-refractivity contribution >= 4 is 58.3 Å². The van der Waals surface area contributed by atoms with E-state index in [0.29, 0.717) is 28.0 Å². The first kappa shape index (κ1) is 17.3. The SMILES string of the molecule is O=C1C2SC=CC2=[N+](Cc2ccc(Cl)cc2)C(=O)N1c1ccc(Cl)cc1. The highest BCUT2D eigenvalue weighted by Crippen LogP contribution is 2.31. The lowest BCUT2D eigenvalue weighted by atomic mass is 10.1. The van der Waals surface area contributed by atoms with E-state index in [2.05, 4.69) is 0 Å². The minimum absolute atomic E-state index is 0.241. The predicted octanol–water partition coefficient (Wildman–Crippen LogP) is 4.74. The second kappa shape index (κ2) is 6.91. The Morgan fingerprint density at radius 1 is 0.962 bits per heavy atom. The molecule has 0 fully saturated rings. The monoisotopic (exact) mass is 403 g/mol. The fourth-order valence-corrected chi connectivity index (χ4v) is 4.16. The van der Waals surface area contributed by atoms with E-state index in [1.165, 1.54) is 16.7 Å². The molecule has 4 nitrogen and oxygen atoms in total. The predicted molar refractivity (Wildman–Crippen MR) is 105 cm³/mol. The van der Waals surface area contributed by atoms with Gasteiger partial charge in [0, 0.05) is 10.0 Å². The highest BCUT2D eigenvalue weighted by molar-refractivity contribution is 8.04. The van der Waals surface area contributed by atoms with Crippen LogP contribution in [0.15, 0.2) is 60.0 Å². The molecule has 7 heteroatoms. The third kappa shape index (κ3) is 3.07. The lowest BCUT2D eigenvalue weighted by Crippen LogP contribution is -2.55. The van der Waals surface area contributed by atoms with Gasteiger partial charge in [0.05, 0.1) is 0 Å². The van der Waals surface area contributed by atoms with Gasteiger partial charge in [-0.2, -0.15) is 9.37 Å². The van der Waals surface area contributed by atoms with Crippen molar-refractivity contribution in [2.24, 2.45) is 0 Å². The zero-order valence-corrected chi connectivity index (χ0v) is 15.8. The molecule has 1 atom stereocenters. The summed E-state index contributed by atoms with van der Waals surface area (Å²) >= 11 is 13.3. The summed E-state index contributed by atoms with van der Waals surface area (Å²) in [5, 5.41) is 2.62. The average molecular weight is 404 g/mol. The standard InChI is InChI=1S/C19H13Cl2N2O2S/c20-13-3-1-12(2-4-13)11-22-16-9-10-26-17(16)18(24)23(19(22)25)15-7-5-14(21)6-8-15/h1-10,17H,11H2/q+1. The zero-order chi connectivity index (χ0) is 18.3. The van der Waals surface area contributed by atoms with Crippen molar-refractivity contribution in [2.75, 3.05) is 4.90 Å². The Morgan fingerprint density at radius 2 is 1.58 bits per heavy atom. The molecular weight excluding hydrogens is 391 g/mol. The van der Waals surface area contributed by atoms with Gasteiger partial charge in [-0.25, -0.2) is 4.79 Å². The molecule has 4 rings (SSSR count). The second-order valence-electron chi connectivity index (χ2n) is 5.89. The number of halogens is 2. The molecule has 0 saturated carbocycles. The number of anilines is 1. The summed E-state index contributed by atoms with van der Waals surface area (Å²) in [7, 11) is 0. The van der Waals surface area contributed by atoms with Crippen LogP contribution in [0.1, 0.15) is 5.56 Å². The Kier molecular flexibility index (Phi) is 4.61. The molecule has 2 aromatic rings. The second-order valence-corrected chi connectivity index (χ2v) is 7.78. The molecule has 0 N–H and O–H groups in total. The Bertz CT molecular complexity index is 953. The molecule has 3 amide bonds. The number of carbonyl (C=O) groups is 2. The van der Waals surface area contributed by atoms with Crippen LogP contribution in [0.4, 0.5) is 10.5 Å². The van der Waals surface area contributed by atoms with Crippen LogP contribution in [0, 0.1) is 0 Å². The van der Waals surface area contributed by atoms with Gasteiger partial charge in [-0.05, 0) is 53.4 Å². The molecule has 0 spiro atoms. The Labute approximate surface area is 164 Å². The number of imide groups is 1. The van der Waals surface area contributed by atoms with Gasteiger partial charge in [-0.15, -0.1) is 16.7 Å². The van der Waals surface area contributed by atoms with E-state index in [0.717, 1.165) is 5.56 Å². The van der Waals surface area contributed by atoms with Gasteiger partial charge in [0.2, 0.25) is 0 Å². The number of hydrogen-bond donors (Lipinski definition) is 0. The van der Waals surface area contributed by atoms with Crippen LogP contribution >= 0.6 is 35.0 Å². The minimum Gasteiger partial charge on any atom is -0.244 e. The molecule has 1 unspecified atom stereocenters. The van der Waals surface area contributed by atoms with Crippen LogP contribution in [0.3, 0.4) is 0 Å². The highest BCUT2D eigenvalue weighted by atomic mass is 35.5. The third-order valence-electron chi connectivity index (χ3n) is 4.24. The highest BCUT2D eigenvalue weighted by Gasteiger charge is 2.49. The van der Waals surface area contributed by atoms with Crippen LogP contribution in [-0.2, 0) is 11.3 Å². The molecule has 0 aliphatic carbocycles. The summed E-state index contributed by atoms with van der Waals surface area (Å²) in [5.41, 5.74) is 2.16. The zero-order valence-electron chi connectivity index (χ0n) is 13.4. The van der Waals surface area contributed by atoms with Gasteiger partial charge >= 0.3 is 11.9 Å². The lowest BCUT2D eigenvalue weighted by molar-refractivity contribution is -0.444. The quantitative estimate of drug-likeness (QED) is 0.694. The molecule has 26 heavy (non-hydrogen) atoms. The van der Waals surface area contributed by atoms with Crippen molar-refractivity contribution in [3.8, 4) is 0 Å². The molecule has 2 aliphatic rings. The Hall–Kier alpha value is -2.08. The van der Waals surface area contributed by atoms with Gasteiger partial charge in [-0.1, -0.05) is 35.3 Å². The molecule has 130 valence electrons. The van der Waals surface area contributed by atoms with Crippen LogP contribution in [0.5, 0.6) is 0 Å². The number of urea groups is 1. The van der Waals surface area contributed by atoms with Gasteiger partial charge in [0.1, 0.15) is 17.9 Å². The number of benzene rings is 2. The summed E-state index contributed by atoms with van der Waals surface area (Å²) < 4.78 is 1.64. The van der Waals surface area contributed by atoms with Crippen LogP contribution in [0.25, 0.3) is 0 Å². The first-order chi connectivity index (χ1) is 12.5. The number of hydrogen-bond acceptors (Lipinski definition) is 3. The smallest absolute Gasteiger partial charge is 0.244 e. The summed E-state index contributed by atoms with van der Waals surface area (Å²) in [6, 6.07) is 13.6. The maximum Gasteiger partial charge on any atom is 0.506 e. The van der Waals surface area contributed by atoms with E-state index < -0.39 is 5.25 Å². The van der Waals surface area contributed by atoms with E-state index in [-0.39, 0.29) is 11.9 Å². The maximum absolute atomic E-state index is 13.1. The lowest BCUT2D eigenvalue weighted by Gasteiger charge is -2.24. The minimum atomic E-state index is -0.421. The van der Waals surface area contributed by atoms with Gasteiger partial charge in [0.25, 0.3) is 0 Å².